The van der Waals surface area contributed by atoms with Gasteiger partial charge in [-0.1, -0.05) is 12.1 Å². The quantitative estimate of drug-likeness (QED) is 0.743. The molecule has 27 heavy (non-hydrogen) atoms. The highest BCUT2D eigenvalue weighted by Gasteiger charge is 2.24. The van der Waals surface area contributed by atoms with Crippen molar-refractivity contribution >= 4 is 22.9 Å². The number of para-hydroxylation sites is 2. The van der Waals surface area contributed by atoms with Crippen LogP contribution in [0, 0.1) is 6.92 Å². The molecule has 0 radical (unpaired) electrons. The van der Waals surface area contributed by atoms with Crippen LogP contribution < -0.4 is 10.2 Å². The number of hydrogen-bond donors (Lipinski definition) is 2. The summed E-state index contributed by atoms with van der Waals surface area (Å²) in [7, 11) is 0. The molecule has 0 saturated carbocycles. The van der Waals surface area contributed by atoms with E-state index in [0.29, 0.717) is 13.1 Å². The Hall–Kier alpha value is -3.16. The van der Waals surface area contributed by atoms with Gasteiger partial charge in [0.15, 0.2) is 0 Å². The van der Waals surface area contributed by atoms with Crippen molar-refractivity contribution < 1.29 is 4.79 Å². The lowest BCUT2D eigenvalue weighted by atomic mass is 10.3. The van der Waals surface area contributed by atoms with E-state index in [1.54, 1.807) is 6.20 Å². The van der Waals surface area contributed by atoms with E-state index < -0.39 is 0 Å². The Bertz CT molecular complexity index is 913. The summed E-state index contributed by atoms with van der Waals surface area (Å²) in [6.45, 7) is 6.64. The van der Waals surface area contributed by atoms with Gasteiger partial charge in [-0.25, -0.2) is 19.7 Å². The van der Waals surface area contributed by atoms with Gasteiger partial charge in [0, 0.05) is 32.4 Å². The third-order valence-corrected chi connectivity index (χ3v) is 4.81. The Kier molecular flexibility index (Phi) is 4.62. The first-order valence-corrected chi connectivity index (χ1v) is 9.15. The first-order chi connectivity index (χ1) is 13.1. The summed E-state index contributed by atoms with van der Waals surface area (Å²) in [6, 6.07) is 9.51. The Morgan fingerprint density at radius 2 is 1.93 bits per heavy atom. The lowest BCUT2D eigenvalue weighted by Crippen LogP contribution is -2.52. The Morgan fingerprint density at radius 1 is 1.15 bits per heavy atom. The van der Waals surface area contributed by atoms with Crippen LogP contribution in [0.5, 0.6) is 0 Å². The number of hydrogen-bond acceptors (Lipinski definition) is 5. The van der Waals surface area contributed by atoms with Gasteiger partial charge in [-0.3, -0.25) is 0 Å². The molecule has 4 rings (SSSR count). The van der Waals surface area contributed by atoms with E-state index in [2.05, 4.69) is 30.2 Å². The molecule has 2 amide bonds. The second-order valence-electron chi connectivity index (χ2n) is 6.75. The Balaban J connectivity index is 1.35. The van der Waals surface area contributed by atoms with E-state index in [9.17, 15) is 4.79 Å². The summed E-state index contributed by atoms with van der Waals surface area (Å²) in [5.41, 5.74) is 1.88. The first-order valence-electron chi connectivity index (χ1n) is 9.15. The number of aromatic amines is 1. The third-order valence-electron chi connectivity index (χ3n) is 4.81. The molecule has 1 unspecified atom stereocenters. The average molecular weight is 365 g/mol. The third kappa shape index (κ3) is 3.69. The number of H-pyrrole nitrogens is 1. The van der Waals surface area contributed by atoms with Crippen LogP contribution >= 0.6 is 0 Å². The molecule has 0 aliphatic carbocycles. The minimum absolute atomic E-state index is 0.0681. The monoisotopic (exact) mass is 365 g/mol. The number of carbonyl (C=O) groups is 1. The molecule has 0 spiro atoms. The number of nitrogens with one attached hydrogen (secondary N) is 2. The highest BCUT2D eigenvalue weighted by molar-refractivity contribution is 5.76. The van der Waals surface area contributed by atoms with Crippen LogP contribution in [0.4, 0.5) is 10.6 Å². The molecule has 0 bridgehead atoms. The predicted molar refractivity (Wildman–Crippen MR) is 104 cm³/mol. The predicted octanol–water partition coefficient (Wildman–Crippen LogP) is 2.25. The van der Waals surface area contributed by atoms with Gasteiger partial charge in [-0.15, -0.1) is 0 Å². The number of aromatic nitrogens is 4. The number of aryl methyl sites for hydroxylation is 1. The molecule has 2 aromatic heterocycles. The zero-order valence-electron chi connectivity index (χ0n) is 15.5. The van der Waals surface area contributed by atoms with Gasteiger partial charge in [-0.2, -0.15) is 0 Å². The number of anilines is 1. The van der Waals surface area contributed by atoms with E-state index in [1.165, 1.54) is 0 Å². The summed E-state index contributed by atoms with van der Waals surface area (Å²) < 4.78 is 0. The number of urea groups is 1. The van der Waals surface area contributed by atoms with Crippen molar-refractivity contribution in [1.29, 1.82) is 0 Å². The van der Waals surface area contributed by atoms with Crippen molar-refractivity contribution in [3.63, 3.8) is 0 Å². The van der Waals surface area contributed by atoms with Gasteiger partial charge >= 0.3 is 6.03 Å². The van der Waals surface area contributed by atoms with Crippen LogP contribution in [-0.4, -0.2) is 57.0 Å². The summed E-state index contributed by atoms with van der Waals surface area (Å²) in [4.78, 5) is 33.1. The maximum Gasteiger partial charge on any atom is 0.318 e. The molecule has 8 heteroatoms. The van der Waals surface area contributed by atoms with Gasteiger partial charge < -0.3 is 20.1 Å². The van der Waals surface area contributed by atoms with Crippen LogP contribution in [0.15, 0.2) is 36.5 Å². The largest absolute Gasteiger partial charge is 0.353 e. The zero-order valence-corrected chi connectivity index (χ0v) is 15.5. The standard InChI is InChI=1S/C19H23N7O/c1-13(18-23-15-5-3-4-6-16(15)24-18)21-19(27)26-11-9-25(10-12-26)17-7-8-20-14(2)22-17/h3-8,13H,9-12H2,1-2H3,(H,21,27)(H,23,24). The van der Waals surface area contributed by atoms with Crippen LogP contribution in [-0.2, 0) is 0 Å². The van der Waals surface area contributed by atoms with Crippen molar-refractivity contribution in [3.05, 3.63) is 48.2 Å². The van der Waals surface area contributed by atoms with E-state index in [4.69, 9.17) is 0 Å². The van der Waals surface area contributed by atoms with Crippen molar-refractivity contribution in [2.75, 3.05) is 31.1 Å². The molecule has 2 N–H and O–H groups in total. The van der Waals surface area contributed by atoms with Crippen molar-refractivity contribution in [2.24, 2.45) is 0 Å². The summed E-state index contributed by atoms with van der Waals surface area (Å²) in [5.74, 6) is 2.44. The minimum atomic E-state index is -0.188. The molecule has 1 aliphatic rings. The molecule has 8 nitrogen and oxygen atoms in total. The van der Waals surface area contributed by atoms with E-state index in [0.717, 1.165) is 41.6 Å². The number of benzene rings is 1. The van der Waals surface area contributed by atoms with Gasteiger partial charge in [0.2, 0.25) is 0 Å². The van der Waals surface area contributed by atoms with Gasteiger partial charge in [0.05, 0.1) is 17.1 Å². The number of rotatable bonds is 3. The molecule has 1 fully saturated rings. The van der Waals surface area contributed by atoms with Gasteiger partial charge in [0.1, 0.15) is 17.5 Å². The zero-order chi connectivity index (χ0) is 18.8. The summed E-state index contributed by atoms with van der Waals surface area (Å²) in [5, 5.41) is 3.04. The van der Waals surface area contributed by atoms with Crippen molar-refractivity contribution in [1.82, 2.24) is 30.2 Å². The molecule has 140 valence electrons. The molecule has 3 aromatic rings. The highest BCUT2D eigenvalue weighted by atomic mass is 16.2. The van der Waals surface area contributed by atoms with E-state index in [-0.39, 0.29) is 12.1 Å². The fourth-order valence-electron chi connectivity index (χ4n) is 3.28. The molecule has 1 atom stereocenters. The fourth-order valence-corrected chi connectivity index (χ4v) is 3.28. The van der Waals surface area contributed by atoms with E-state index >= 15 is 0 Å². The molecular weight excluding hydrogens is 342 g/mol. The van der Waals surface area contributed by atoms with E-state index in [1.807, 2.05) is 49.1 Å². The smallest absolute Gasteiger partial charge is 0.318 e. The lowest BCUT2D eigenvalue weighted by Gasteiger charge is -2.35. The molecule has 1 saturated heterocycles. The second-order valence-corrected chi connectivity index (χ2v) is 6.75. The second kappa shape index (κ2) is 7.22. The number of amides is 2. The normalized spacial score (nSPS) is 15.8. The van der Waals surface area contributed by atoms with Crippen LogP contribution in [0.3, 0.4) is 0 Å². The molecule has 1 aromatic carbocycles. The van der Waals surface area contributed by atoms with Crippen LogP contribution in [0.2, 0.25) is 0 Å². The summed E-state index contributed by atoms with van der Waals surface area (Å²) >= 11 is 0. The lowest BCUT2D eigenvalue weighted by molar-refractivity contribution is 0.190. The van der Waals surface area contributed by atoms with Gasteiger partial charge in [-0.05, 0) is 32.0 Å². The number of fused-ring (bicyclic) bond motifs is 1. The van der Waals surface area contributed by atoms with Crippen LogP contribution in [0.1, 0.15) is 24.6 Å². The van der Waals surface area contributed by atoms with Crippen LogP contribution in [0.25, 0.3) is 11.0 Å². The van der Waals surface area contributed by atoms with Gasteiger partial charge in [0.25, 0.3) is 0 Å². The number of imidazole rings is 1. The topological polar surface area (TPSA) is 90.0 Å². The fraction of sp³-hybridized carbons (Fsp3) is 0.368. The molecule has 3 heterocycles. The summed E-state index contributed by atoms with van der Waals surface area (Å²) in [6.07, 6.45) is 1.77. The maximum atomic E-state index is 12.6. The van der Waals surface area contributed by atoms with Crippen molar-refractivity contribution in [2.45, 2.75) is 19.9 Å². The Labute approximate surface area is 157 Å². The highest BCUT2D eigenvalue weighted by Crippen LogP contribution is 2.17. The van der Waals surface area contributed by atoms with Crippen molar-refractivity contribution in [3.8, 4) is 0 Å². The SMILES string of the molecule is Cc1nccc(N2CCN(C(=O)NC(C)c3nc4ccccc4[nH]3)CC2)n1. The number of nitrogens with zero attached hydrogens (tertiary/aromatic N) is 5. The molecule has 1 aliphatic heterocycles. The first kappa shape index (κ1) is 17.3. The maximum absolute atomic E-state index is 12.6. The molecular formula is C19H23N7O. The Morgan fingerprint density at radius 3 is 2.67 bits per heavy atom. The number of carbonyl (C=O) groups excluding carboxylic acids is 1. The number of piperazine rings is 1. The average Bonchev–Trinajstić information content (AvgIpc) is 3.12. The minimum Gasteiger partial charge on any atom is -0.353 e.